The fourth-order valence-corrected chi connectivity index (χ4v) is 1.25. The van der Waals surface area contributed by atoms with Gasteiger partial charge in [-0.2, -0.15) is 5.21 Å². The molecule has 0 amide bonds. The van der Waals surface area contributed by atoms with Crippen LogP contribution in [0.3, 0.4) is 0 Å². The van der Waals surface area contributed by atoms with Crippen LogP contribution in [-0.2, 0) is 0 Å². The minimum atomic E-state index is 0.517. The van der Waals surface area contributed by atoms with Gasteiger partial charge in [0, 0.05) is 12.4 Å². The molecule has 1 N–H and O–H groups in total. The smallest absolute Gasteiger partial charge is 0.230 e. The second kappa shape index (κ2) is 3.48. The molecule has 0 spiro atoms. The summed E-state index contributed by atoms with van der Waals surface area (Å²) < 4.78 is 0. The van der Waals surface area contributed by atoms with Crippen LogP contribution in [0.25, 0.3) is 0 Å². The molecule has 0 aliphatic carbocycles. The number of hydrogen-bond donors (Lipinski definition) is 1. The number of aromatic amines is 1. The summed E-state index contributed by atoms with van der Waals surface area (Å²) in [7, 11) is 0. The maximum Gasteiger partial charge on any atom is 0.238 e. The fourth-order valence-electron chi connectivity index (χ4n) is 0.711. The summed E-state index contributed by atoms with van der Waals surface area (Å²) in [5, 5.41) is 14.5. The first kappa shape index (κ1) is 8.11. The summed E-state index contributed by atoms with van der Waals surface area (Å²) >= 11 is 1.26. The Balaban J connectivity index is 2.15. The standard InChI is InChI=1S/C6H6N6S/c1-4-2-7-5(8-3-4)13-6-9-11-12-10-6/h2-3H,1H3,(H,9,10,11,12). The van der Waals surface area contributed by atoms with Crippen LogP contribution in [0.4, 0.5) is 0 Å². The van der Waals surface area contributed by atoms with Crippen LogP contribution in [0.15, 0.2) is 22.7 Å². The first-order valence-electron chi connectivity index (χ1n) is 3.54. The molecule has 0 aliphatic heterocycles. The van der Waals surface area contributed by atoms with E-state index in [1.165, 1.54) is 11.8 Å². The fraction of sp³-hybridized carbons (Fsp3) is 0.167. The molecule has 6 nitrogen and oxygen atoms in total. The van der Waals surface area contributed by atoms with Crippen LogP contribution in [0.5, 0.6) is 0 Å². The number of nitrogens with one attached hydrogen (secondary N) is 1. The maximum absolute atomic E-state index is 4.08. The van der Waals surface area contributed by atoms with Gasteiger partial charge in [0.2, 0.25) is 5.16 Å². The third-order valence-corrected chi connectivity index (χ3v) is 2.01. The third kappa shape index (κ3) is 2.00. The molecule has 0 fully saturated rings. The van der Waals surface area contributed by atoms with Crippen molar-refractivity contribution in [2.24, 2.45) is 0 Å². The molecular weight excluding hydrogens is 188 g/mol. The van der Waals surface area contributed by atoms with Gasteiger partial charge in [0.15, 0.2) is 5.16 Å². The average Bonchev–Trinajstić information content (AvgIpc) is 2.62. The summed E-state index contributed by atoms with van der Waals surface area (Å²) in [6, 6.07) is 0. The van der Waals surface area contributed by atoms with Crippen LogP contribution in [0, 0.1) is 6.92 Å². The minimum Gasteiger partial charge on any atom is -0.230 e. The Morgan fingerprint density at radius 2 is 2.00 bits per heavy atom. The summed E-state index contributed by atoms with van der Waals surface area (Å²) in [4.78, 5) is 8.17. The van der Waals surface area contributed by atoms with Crippen molar-refractivity contribution in [1.29, 1.82) is 0 Å². The molecule has 0 radical (unpaired) electrons. The highest BCUT2D eigenvalue weighted by atomic mass is 32.2. The van der Waals surface area contributed by atoms with Crippen molar-refractivity contribution in [3.63, 3.8) is 0 Å². The van der Waals surface area contributed by atoms with Crippen LogP contribution in [0.2, 0.25) is 0 Å². The van der Waals surface area contributed by atoms with Gasteiger partial charge >= 0.3 is 0 Å². The molecule has 0 atom stereocenters. The summed E-state index contributed by atoms with van der Waals surface area (Å²) in [6.45, 7) is 1.93. The van der Waals surface area contributed by atoms with Gasteiger partial charge in [-0.05, 0) is 29.5 Å². The SMILES string of the molecule is Cc1cnc(Sc2nn[nH]n2)nc1. The highest BCUT2D eigenvalue weighted by Gasteiger charge is 2.03. The first-order valence-corrected chi connectivity index (χ1v) is 4.36. The lowest BCUT2D eigenvalue weighted by Crippen LogP contribution is -1.87. The number of aryl methyl sites for hydroxylation is 1. The lowest BCUT2D eigenvalue weighted by atomic mass is 10.4. The predicted octanol–water partition coefficient (Wildman–Crippen LogP) is 0.449. The Kier molecular flexibility index (Phi) is 2.17. The van der Waals surface area contributed by atoms with Crippen molar-refractivity contribution in [1.82, 2.24) is 30.6 Å². The molecule has 66 valence electrons. The van der Waals surface area contributed by atoms with Gasteiger partial charge in [-0.15, -0.1) is 10.2 Å². The normalized spacial score (nSPS) is 10.2. The van der Waals surface area contributed by atoms with Gasteiger partial charge < -0.3 is 0 Å². The van der Waals surface area contributed by atoms with E-state index in [1.54, 1.807) is 12.4 Å². The number of aromatic nitrogens is 6. The maximum atomic E-state index is 4.08. The van der Waals surface area contributed by atoms with Gasteiger partial charge in [0.1, 0.15) is 0 Å². The lowest BCUT2D eigenvalue weighted by molar-refractivity contribution is 0.881. The van der Waals surface area contributed by atoms with Crippen molar-refractivity contribution in [2.75, 3.05) is 0 Å². The van der Waals surface area contributed by atoms with Gasteiger partial charge in [-0.1, -0.05) is 0 Å². The first-order chi connectivity index (χ1) is 6.34. The van der Waals surface area contributed by atoms with Crippen LogP contribution in [0.1, 0.15) is 5.56 Å². The molecule has 0 aliphatic rings. The van der Waals surface area contributed by atoms with E-state index in [4.69, 9.17) is 0 Å². The topological polar surface area (TPSA) is 80.2 Å². The summed E-state index contributed by atoms with van der Waals surface area (Å²) in [6.07, 6.45) is 3.49. The zero-order valence-electron chi connectivity index (χ0n) is 6.80. The summed E-state index contributed by atoms with van der Waals surface area (Å²) in [5.41, 5.74) is 1.03. The van der Waals surface area contributed by atoms with E-state index < -0.39 is 0 Å². The molecule has 0 saturated heterocycles. The Labute approximate surface area is 78.2 Å². The number of H-pyrrole nitrogens is 1. The third-order valence-electron chi connectivity index (χ3n) is 1.27. The molecule has 0 saturated carbocycles. The number of tetrazole rings is 1. The second-order valence-corrected chi connectivity index (χ2v) is 3.27. The minimum absolute atomic E-state index is 0.517. The van der Waals surface area contributed by atoms with E-state index >= 15 is 0 Å². The lowest BCUT2D eigenvalue weighted by Gasteiger charge is -1.93. The zero-order valence-corrected chi connectivity index (χ0v) is 7.62. The molecule has 13 heavy (non-hydrogen) atoms. The molecule has 0 bridgehead atoms. The largest absolute Gasteiger partial charge is 0.238 e. The van der Waals surface area contributed by atoms with Crippen LogP contribution < -0.4 is 0 Å². The molecular formula is C6H6N6S. The molecule has 0 unspecified atom stereocenters. The van der Waals surface area contributed by atoms with E-state index in [0.29, 0.717) is 10.3 Å². The highest BCUT2D eigenvalue weighted by molar-refractivity contribution is 7.99. The average molecular weight is 194 g/mol. The molecule has 7 heteroatoms. The Morgan fingerprint density at radius 1 is 1.23 bits per heavy atom. The number of nitrogens with zero attached hydrogens (tertiary/aromatic N) is 5. The van der Waals surface area contributed by atoms with E-state index in [9.17, 15) is 0 Å². The number of rotatable bonds is 2. The van der Waals surface area contributed by atoms with Crippen molar-refractivity contribution >= 4 is 11.8 Å². The van der Waals surface area contributed by atoms with E-state index in [1.807, 2.05) is 6.92 Å². The van der Waals surface area contributed by atoms with Crippen molar-refractivity contribution in [3.8, 4) is 0 Å². The monoisotopic (exact) mass is 194 g/mol. The Hall–Kier alpha value is -1.50. The molecule has 2 aromatic heterocycles. The highest BCUT2D eigenvalue weighted by Crippen LogP contribution is 2.18. The van der Waals surface area contributed by atoms with Crippen LogP contribution >= 0.6 is 11.8 Å². The molecule has 2 rings (SSSR count). The second-order valence-electron chi connectivity index (χ2n) is 2.34. The van der Waals surface area contributed by atoms with Crippen molar-refractivity contribution < 1.29 is 0 Å². The van der Waals surface area contributed by atoms with E-state index in [0.717, 1.165) is 5.56 Å². The van der Waals surface area contributed by atoms with Crippen LogP contribution in [-0.4, -0.2) is 30.6 Å². The van der Waals surface area contributed by atoms with Gasteiger partial charge in [0.25, 0.3) is 0 Å². The van der Waals surface area contributed by atoms with Gasteiger partial charge in [0.05, 0.1) is 0 Å². The van der Waals surface area contributed by atoms with Crippen molar-refractivity contribution in [2.45, 2.75) is 17.2 Å². The van der Waals surface area contributed by atoms with E-state index in [2.05, 4.69) is 30.6 Å². The molecule has 2 aromatic rings. The Morgan fingerprint density at radius 3 is 2.62 bits per heavy atom. The predicted molar refractivity (Wildman–Crippen MR) is 45.1 cm³/mol. The summed E-state index contributed by atoms with van der Waals surface area (Å²) in [5.74, 6) is 0. The number of hydrogen-bond acceptors (Lipinski definition) is 6. The molecule has 0 aromatic carbocycles. The van der Waals surface area contributed by atoms with Gasteiger partial charge in [-0.25, -0.2) is 9.97 Å². The van der Waals surface area contributed by atoms with Crippen molar-refractivity contribution in [3.05, 3.63) is 18.0 Å². The zero-order chi connectivity index (χ0) is 9.10. The Bertz CT molecular complexity index is 369. The quantitative estimate of drug-likeness (QED) is 0.699. The molecule has 2 heterocycles. The van der Waals surface area contributed by atoms with E-state index in [-0.39, 0.29) is 0 Å². The van der Waals surface area contributed by atoms with Gasteiger partial charge in [-0.3, -0.25) is 0 Å².